The van der Waals surface area contributed by atoms with Gasteiger partial charge in [0, 0.05) is 0 Å². The SMILES string of the molecule is C[C@H](NC(=O)[C@@H](C)N)C(=O)N[C@H](C)C(=O)N[C@H](C)C(=O)N[C@H](C)C(=O)O. The second kappa shape index (κ2) is 10.3. The van der Waals surface area contributed by atoms with Gasteiger partial charge in [0.25, 0.3) is 0 Å². The van der Waals surface area contributed by atoms with Crippen LogP contribution in [-0.2, 0) is 24.0 Å². The van der Waals surface area contributed by atoms with E-state index in [1.165, 1.54) is 34.6 Å². The van der Waals surface area contributed by atoms with Crippen LogP contribution in [0.1, 0.15) is 34.6 Å². The molecule has 0 unspecified atom stereocenters. The van der Waals surface area contributed by atoms with E-state index in [2.05, 4.69) is 21.3 Å². The molecule has 0 aromatic carbocycles. The highest BCUT2D eigenvalue weighted by Gasteiger charge is 2.25. The number of aliphatic carboxylic acids is 1. The minimum Gasteiger partial charge on any atom is -0.480 e. The molecular formula is C15H27N5O6. The summed E-state index contributed by atoms with van der Waals surface area (Å²) in [7, 11) is 0. The van der Waals surface area contributed by atoms with Crippen molar-refractivity contribution >= 4 is 29.6 Å². The normalized spacial score (nSPS) is 16.2. The lowest BCUT2D eigenvalue weighted by molar-refractivity contribution is -0.141. The van der Waals surface area contributed by atoms with Gasteiger partial charge in [-0.1, -0.05) is 0 Å². The van der Waals surface area contributed by atoms with Crippen molar-refractivity contribution in [2.75, 3.05) is 0 Å². The third-order valence-electron chi connectivity index (χ3n) is 3.40. The summed E-state index contributed by atoms with van der Waals surface area (Å²) in [5.74, 6) is -3.64. The van der Waals surface area contributed by atoms with Gasteiger partial charge in [0.1, 0.15) is 24.2 Å². The van der Waals surface area contributed by atoms with Gasteiger partial charge in [-0.25, -0.2) is 0 Å². The Morgan fingerprint density at radius 3 is 1.15 bits per heavy atom. The molecule has 0 bridgehead atoms. The Morgan fingerprint density at radius 2 is 0.885 bits per heavy atom. The first kappa shape index (κ1) is 23.3. The second-order valence-electron chi connectivity index (χ2n) is 6.05. The van der Waals surface area contributed by atoms with E-state index in [4.69, 9.17) is 10.8 Å². The van der Waals surface area contributed by atoms with Crippen molar-refractivity contribution in [1.29, 1.82) is 0 Å². The Balaban J connectivity index is 4.54. The van der Waals surface area contributed by atoms with E-state index in [-0.39, 0.29) is 0 Å². The number of rotatable bonds is 9. The maximum atomic E-state index is 12.0. The topological polar surface area (TPSA) is 180 Å². The molecule has 0 aliphatic heterocycles. The zero-order valence-electron chi connectivity index (χ0n) is 15.5. The van der Waals surface area contributed by atoms with E-state index < -0.39 is 59.8 Å². The van der Waals surface area contributed by atoms with Crippen molar-refractivity contribution in [3.8, 4) is 0 Å². The Bertz CT molecular complexity index is 565. The number of hydrogen-bond acceptors (Lipinski definition) is 6. The molecule has 0 spiro atoms. The highest BCUT2D eigenvalue weighted by molar-refractivity contribution is 5.94. The maximum Gasteiger partial charge on any atom is 0.325 e. The third kappa shape index (κ3) is 7.92. The quantitative estimate of drug-likeness (QED) is 0.257. The lowest BCUT2D eigenvalue weighted by Gasteiger charge is -2.21. The number of carboxylic acids is 1. The lowest BCUT2D eigenvalue weighted by atomic mass is 10.2. The molecule has 26 heavy (non-hydrogen) atoms. The predicted molar refractivity (Wildman–Crippen MR) is 91.7 cm³/mol. The first-order valence-electron chi connectivity index (χ1n) is 8.06. The first-order valence-corrected chi connectivity index (χ1v) is 8.06. The number of hydrogen-bond donors (Lipinski definition) is 6. The molecule has 0 radical (unpaired) electrons. The molecule has 0 fully saturated rings. The van der Waals surface area contributed by atoms with Crippen LogP contribution in [0.4, 0.5) is 0 Å². The van der Waals surface area contributed by atoms with Crippen molar-refractivity contribution in [3.05, 3.63) is 0 Å². The van der Waals surface area contributed by atoms with Crippen LogP contribution in [0.25, 0.3) is 0 Å². The summed E-state index contributed by atoms with van der Waals surface area (Å²) in [6.45, 7) is 6.96. The summed E-state index contributed by atoms with van der Waals surface area (Å²) < 4.78 is 0. The van der Waals surface area contributed by atoms with E-state index in [9.17, 15) is 24.0 Å². The zero-order valence-corrected chi connectivity index (χ0v) is 15.5. The number of carbonyl (C=O) groups excluding carboxylic acids is 4. The van der Waals surface area contributed by atoms with Crippen molar-refractivity contribution in [1.82, 2.24) is 21.3 Å². The van der Waals surface area contributed by atoms with Gasteiger partial charge in [-0.2, -0.15) is 0 Å². The van der Waals surface area contributed by atoms with Gasteiger partial charge in [0.15, 0.2) is 0 Å². The van der Waals surface area contributed by atoms with Crippen LogP contribution < -0.4 is 27.0 Å². The van der Waals surface area contributed by atoms with E-state index in [0.717, 1.165) is 0 Å². The zero-order chi connectivity index (χ0) is 20.6. The predicted octanol–water partition coefficient (Wildman–Crippen LogP) is -2.56. The van der Waals surface area contributed by atoms with Crippen LogP contribution in [0.5, 0.6) is 0 Å². The van der Waals surface area contributed by atoms with Crippen LogP contribution in [0.2, 0.25) is 0 Å². The summed E-state index contributed by atoms with van der Waals surface area (Å²) in [5, 5.41) is 18.1. The smallest absolute Gasteiger partial charge is 0.325 e. The molecule has 11 nitrogen and oxygen atoms in total. The molecule has 0 heterocycles. The number of carbonyl (C=O) groups is 5. The van der Waals surface area contributed by atoms with Crippen molar-refractivity contribution in [2.24, 2.45) is 5.73 Å². The van der Waals surface area contributed by atoms with Crippen LogP contribution in [0.3, 0.4) is 0 Å². The summed E-state index contributed by atoms with van der Waals surface area (Å²) in [4.78, 5) is 58.0. The van der Waals surface area contributed by atoms with Gasteiger partial charge in [-0.15, -0.1) is 0 Å². The average molecular weight is 373 g/mol. The molecule has 7 N–H and O–H groups in total. The fourth-order valence-electron chi connectivity index (χ4n) is 1.62. The van der Waals surface area contributed by atoms with Crippen LogP contribution in [0, 0.1) is 0 Å². The molecule has 0 aliphatic carbocycles. The lowest BCUT2D eigenvalue weighted by Crippen LogP contribution is -2.56. The molecule has 0 aliphatic rings. The number of nitrogens with two attached hydrogens (primary N) is 1. The van der Waals surface area contributed by atoms with Gasteiger partial charge in [0.05, 0.1) is 6.04 Å². The van der Waals surface area contributed by atoms with Gasteiger partial charge in [-0.3, -0.25) is 24.0 Å². The molecule has 0 saturated carbocycles. The summed E-state index contributed by atoms with van der Waals surface area (Å²) in [5.41, 5.74) is 5.39. The highest BCUT2D eigenvalue weighted by atomic mass is 16.4. The van der Waals surface area contributed by atoms with E-state index in [1.54, 1.807) is 0 Å². The van der Waals surface area contributed by atoms with Gasteiger partial charge >= 0.3 is 5.97 Å². The molecule has 0 saturated heterocycles. The van der Waals surface area contributed by atoms with E-state index in [1.807, 2.05) is 0 Å². The summed E-state index contributed by atoms with van der Waals surface area (Å²) in [6, 6.07) is -4.77. The average Bonchev–Trinajstić information content (AvgIpc) is 2.53. The minimum atomic E-state index is -1.21. The maximum absolute atomic E-state index is 12.0. The van der Waals surface area contributed by atoms with Gasteiger partial charge in [-0.05, 0) is 34.6 Å². The fourth-order valence-corrected chi connectivity index (χ4v) is 1.62. The second-order valence-corrected chi connectivity index (χ2v) is 6.05. The summed E-state index contributed by atoms with van der Waals surface area (Å²) >= 11 is 0. The van der Waals surface area contributed by atoms with Crippen molar-refractivity contribution in [2.45, 2.75) is 64.8 Å². The monoisotopic (exact) mass is 373 g/mol. The molecule has 0 aromatic heterocycles. The number of carboxylic acid groups (broad SMARTS) is 1. The molecular weight excluding hydrogens is 346 g/mol. The van der Waals surface area contributed by atoms with E-state index >= 15 is 0 Å². The molecule has 5 atom stereocenters. The van der Waals surface area contributed by atoms with E-state index in [0.29, 0.717) is 0 Å². The Hall–Kier alpha value is -2.69. The van der Waals surface area contributed by atoms with Crippen LogP contribution in [0.15, 0.2) is 0 Å². The molecule has 11 heteroatoms. The van der Waals surface area contributed by atoms with Crippen molar-refractivity contribution < 1.29 is 29.1 Å². The molecule has 4 amide bonds. The van der Waals surface area contributed by atoms with Gasteiger partial charge < -0.3 is 32.1 Å². The molecule has 0 rings (SSSR count). The number of nitrogens with one attached hydrogen (secondary N) is 4. The number of amides is 4. The Kier molecular flexibility index (Phi) is 9.27. The first-order chi connectivity index (χ1) is 11.9. The Labute approximate surface area is 151 Å². The molecule has 148 valence electrons. The van der Waals surface area contributed by atoms with Crippen LogP contribution >= 0.6 is 0 Å². The van der Waals surface area contributed by atoms with Crippen molar-refractivity contribution in [3.63, 3.8) is 0 Å². The largest absolute Gasteiger partial charge is 0.480 e. The van der Waals surface area contributed by atoms with Crippen LogP contribution in [-0.4, -0.2) is 64.9 Å². The van der Waals surface area contributed by atoms with Gasteiger partial charge in [0.2, 0.25) is 23.6 Å². The minimum absolute atomic E-state index is 0.511. The molecule has 0 aromatic rings. The third-order valence-corrected chi connectivity index (χ3v) is 3.40. The standard InChI is InChI=1S/C15H27N5O6/c1-6(16)11(21)17-7(2)12(22)18-8(3)13(23)19-9(4)14(24)20-10(5)15(25)26/h6-10H,16H2,1-5H3,(H,17,21)(H,18,22)(H,19,23)(H,20,24)(H,25,26)/t6-,7+,8-,9-,10-/m1/s1. The Morgan fingerprint density at radius 1 is 0.615 bits per heavy atom. The fraction of sp³-hybridized carbons (Fsp3) is 0.667. The highest BCUT2D eigenvalue weighted by Crippen LogP contribution is 1.92. The summed E-state index contributed by atoms with van der Waals surface area (Å²) in [6.07, 6.45) is 0.